The highest BCUT2D eigenvalue weighted by Gasteiger charge is 2.21. The molecule has 0 saturated carbocycles. The van der Waals surface area contributed by atoms with E-state index in [1.54, 1.807) is 0 Å². The van der Waals surface area contributed by atoms with Gasteiger partial charge in [-0.15, -0.1) is 0 Å². The van der Waals surface area contributed by atoms with Crippen molar-refractivity contribution in [2.24, 2.45) is 0 Å². The SMILES string of the molecule is c1ccc(-c2nc3ccccc3nc2-n2c3ccccc3c3c4ccccc4c(-c4ccccc4)cc32)cc1. The van der Waals surface area contributed by atoms with E-state index >= 15 is 0 Å². The van der Waals surface area contributed by atoms with Crippen LogP contribution in [0.3, 0.4) is 0 Å². The maximum absolute atomic E-state index is 5.28. The highest BCUT2D eigenvalue weighted by molar-refractivity contribution is 6.24. The number of rotatable bonds is 3. The second-order valence-corrected chi connectivity index (χ2v) is 9.83. The van der Waals surface area contributed by atoms with Gasteiger partial charge in [-0.1, -0.05) is 115 Å². The van der Waals surface area contributed by atoms with Crippen molar-refractivity contribution in [1.29, 1.82) is 0 Å². The minimum absolute atomic E-state index is 0.834. The van der Waals surface area contributed by atoms with E-state index in [4.69, 9.17) is 9.97 Å². The average Bonchev–Trinajstić information content (AvgIpc) is 3.35. The molecular weight excluding hydrogens is 474 g/mol. The zero-order chi connectivity index (χ0) is 25.8. The Morgan fingerprint density at radius 1 is 0.436 bits per heavy atom. The zero-order valence-corrected chi connectivity index (χ0v) is 21.1. The van der Waals surface area contributed by atoms with Gasteiger partial charge >= 0.3 is 0 Å². The van der Waals surface area contributed by atoms with E-state index in [2.05, 4.69) is 114 Å². The van der Waals surface area contributed by atoms with Crippen molar-refractivity contribution in [2.75, 3.05) is 0 Å². The van der Waals surface area contributed by atoms with Crippen LogP contribution in [0.5, 0.6) is 0 Å². The van der Waals surface area contributed by atoms with Crippen LogP contribution in [0.15, 0.2) is 140 Å². The van der Waals surface area contributed by atoms with Crippen LogP contribution in [0.1, 0.15) is 0 Å². The summed E-state index contributed by atoms with van der Waals surface area (Å²) in [4.78, 5) is 10.5. The second-order valence-electron chi connectivity index (χ2n) is 9.83. The molecule has 0 atom stereocenters. The van der Waals surface area contributed by atoms with Crippen molar-refractivity contribution in [2.45, 2.75) is 0 Å². The molecule has 6 aromatic carbocycles. The lowest BCUT2D eigenvalue weighted by molar-refractivity contribution is 1.08. The quantitative estimate of drug-likeness (QED) is 0.244. The van der Waals surface area contributed by atoms with Crippen LogP contribution in [0.25, 0.3) is 71.8 Å². The smallest absolute Gasteiger partial charge is 0.165 e. The van der Waals surface area contributed by atoms with Gasteiger partial charge in [-0.3, -0.25) is 4.57 Å². The minimum Gasteiger partial charge on any atom is -0.292 e. The summed E-state index contributed by atoms with van der Waals surface area (Å²) in [5.74, 6) is 0.834. The Hall–Kier alpha value is -5.28. The molecule has 0 N–H and O–H groups in total. The first kappa shape index (κ1) is 21.8. The fraction of sp³-hybridized carbons (Fsp3) is 0. The van der Waals surface area contributed by atoms with Gasteiger partial charge in [0.25, 0.3) is 0 Å². The molecule has 2 aromatic heterocycles. The van der Waals surface area contributed by atoms with Crippen molar-refractivity contribution in [1.82, 2.24) is 14.5 Å². The molecule has 0 bridgehead atoms. The number of fused-ring (bicyclic) bond motifs is 6. The molecule has 39 heavy (non-hydrogen) atoms. The van der Waals surface area contributed by atoms with Gasteiger partial charge in [-0.05, 0) is 46.2 Å². The number of hydrogen-bond acceptors (Lipinski definition) is 2. The van der Waals surface area contributed by atoms with E-state index in [1.165, 1.54) is 32.7 Å². The summed E-state index contributed by atoms with van der Waals surface area (Å²) in [7, 11) is 0. The standard InChI is InChI=1S/C36H23N3/c1-3-13-24(14-4-1)29-23-33-34(27-18-8-7-17-26(27)29)28-19-9-12-22-32(28)39(33)36-35(25-15-5-2-6-16-25)37-30-20-10-11-21-31(30)38-36/h1-23H. The molecule has 182 valence electrons. The molecular formula is C36H23N3. The molecule has 0 saturated heterocycles. The predicted molar refractivity (Wildman–Crippen MR) is 162 cm³/mol. The first-order valence-electron chi connectivity index (χ1n) is 13.2. The second kappa shape index (κ2) is 8.64. The summed E-state index contributed by atoms with van der Waals surface area (Å²) < 4.78 is 2.31. The van der Waals surface area contributed by atoms with Crippen molar-refractivity contribution >= 4 is 43.6 Å². The highest BCUT2D eigenvalue weighted by atomic mass is 15.1. The van der Waals surface area contributed by atoms with Gasteiger partial charge in [0, 0.05) is 16.3 Å². The first-order chi connectivity index (χ1) is 19.4. The first-order valence-corrected chi connectivity index (χ1v) is 13.2. The molecule has 0 spiro atoms. The highest BCUT2D eigenvalue weighted by Crippen LogP contribution is 2.42. The molecule has 8 aromatic rings. The Labute approximate surface area is 225 Å². The van der Waals surface area contributed by atoms with Crippen molar-refractivity contribution < 1.29 is 0 Å². The number of hydrogen-bond donors (Lipinski definition) is 0. The van der Waals surface area contributed by atoms with Crippen LogP contribution in [-0.4, -0.2) is 14.5 Å². The predicted octanol–water partition coefficient (Wildman–Crippen LogP) is 9.21. The Bertz CT molecular complexity index is 2160. The van der Waals surface area contributed by atoms with E-state index in [1.807, 2.05) is 30.3 Å². The van der Waals surface area contributed by atoms with E-state index in [-0.39, 0.29) is 0 Å². The molecule has 0 aliphatic rings. The van der Waals surface area contributed by atoms with E-state index in [9.17, 15) is 0 Å². The van der Waals surface area contributed by atoms with Crippen molar-refractivity contribution in [3.8, 4) is 28.2 Å². The fourth-order valence-corrected chi connectivity index (χ4v) is 5.85. The number of benzene rings is 6. The Balaban J connectivity index is 1.59. The molecule has 0 unspecified atom stereocenters. The van der Waals surface area contributed by atoms with Gasteiger partial charge < -0.3 is 0 Å². The summed E-state index contributed by atoms with van der Waals surface area (Å²) in [6.07, 6.45) is 0. The third kappa shape index (κ3) is 3.37. The Morgan fingerprint density at radius 2 is 1.00 bits per heavy atom. The van der Waals surface area contributed by atoms with Crippen molar-refractivity contribution in [3.63, 3.8) is 0 Å². The fourth-order valence-electron chi connectivity index (χ4n) is 5.85. The van der Waals surface area contributed by atoms with Crippen molar-refractivity contribution in [3.05, 3.63) is 140 Å². The summed E-state index contributed by atoms with van der Waals surface area (Å²) in [5.41, 5.74) is 8.31. The third-order valence-electron chi connectivity index (χ3n) is 7.57. The average molecular weight is 498 g/mol. The molecule has 0 aliphatic carbocycles. The maximum Gasteiger partial charge on any atom is 0.165 e. The lowest BCUT2D eigenvalue weighted by Crippen LogP contribution is -2.03. The monoisotopic (exact) mass is 497 g/mol. The van der Waals surface area contributed by atoms with Gasteiger partial charge in [-0.2, -0.15) is 0 Å². The lowest BCUT2D eigenvalue weighted by Gasteiger charge is -2.15. The van der Waals surface area contributed by atoms with E-state index in [0.29, 0.717) is 0 Å². The number of aromatic nitrogens is 3. The summed E-state index contributed by atoms with van der Waals surface area (Å²) in [6.45, 7) is 0. The Morgan fingerprint density at radius 3 is 1.74 bits per heavy atom. The largest absolute Gasteiger partial charge is 0.292 e. The molecule has 0 fully saturated rings. The lowest BCUT2D eigenvalue weighted by atomic mass is 9.95. The summed E-state index contributed by atoms with van der Waals surface area (Å²) in [6, 6.07) is 48.8. The maximum atomic E-state index is 5.28. The third-order valence-corrected chi connectivity index (χ3v) is 7.57. The van der Waals surface area contributed by atoms with Crippen LogP contribution >= 0.6 is 0 Å². The molecule has 0 aliphatic heterocycles. The molecule has 0 amide bonds. The van der Waals surface area contributed by atoms with Crippen LogP contribution in [0, 0.1) is 0 Å². The van der Waals surface area contributed by atoms with Crippen LogP contribution in [-0.2, 0) is 0 Å². The summed E-state index contributed by atoms with van der Waals surface area (Å²) >= 11 is 0. The van der Waals surface area contributed by atoms with Gasteiger partial charge in [0.15, 0.2) is 5.82 Å². The minimum atomic E-state index is 0.834. The van der Waals surface area contributed by atoms with Crippen LogP contribution < -0.4 is 0 Å². The normalized spacial score (nSPS) is 11.6. The number of nitrogens with zero attached hydrogens (tertiary/aromatic N) is 3. The van der Waals surface area contributed by atoms with E-state index in [0.717, 1.165) is 39.1 Å². The molecule has 2 heterocycles. The Kier molecular flexibility index (Phi) is 4.82. The van der Waals surface area contributed by atoms with E-state index < -0.39 is 0 Å². The molecule has 3 nitrogen and oxygen atoms in total. The van der Waals surface area contributed by atoms with Gasteiger partial charge in [0.2, 0.25) is 0 Å². The molecule has 3 heteroatoms. The van der Waals surface area contributed by atoms with Crippen LogP contribution in [0.4, 0.5) is 0 Å². The molecule has 0 radical (unpaired) electrons. The van der Waals surface area contributed by atoms with Gasteiger partial charge in [0.05, 0.1) is 22.1 Å². The van der Waals surface area contributed by atoms with Gasteiger partial charge in [-0.25, -0.2) is 9.97 Å². The zero-order valence-electron chi connectivity index (χ0n) is 21.1. The van der Waals surface area contributed by atoms with Gasteiger partial charge in [0.1, 0.15) is 5.69 Å². The summed E-state index contributed by atoms with van der Waals surface area (Å²) in [5, 5.41) is 4.91. The molecule has 8 rings (SSSR count). The number of para-hydroxylation sites is 3. The topological polar surface area (TPSA) is 30.7 Å². The van der Waals surface area contributed by atoms with Crippen LogP contribution in [0.2, 0.25) is 0 Å².